The number of rotatable bonds is 4. The van der Waals surface area contributed by atoms with Crippen molar-refractivity contribution in [3.8, 4) is 0 Å². The number of carbonyl (C=O) groups is 3. The van der Waals surface area contributed by atoms with Gasteiger partial charge >= 0.3 is 17.9 Å². The number of carboxylic acids is 1. The van der Waals surface area contributed by atoms with Crippen LogP contribution in [0.4, 0.5) is 0 Å². The second-order valence-corrected chi connectivity index (χ2v) is 3.57. The third kappa shape index (κ3) is 4.02. The van der Waals surface area contributed by atoms with Crippen molar-refractivity contribution in [1.29, 1.82) is 0 Å². The molecule has 0 atom stereocenters. The van der Waals surface area contributed by atoms with Gasteiger partial charge in [-0.1, -0.05) is 6.92 Å². The maximum absolute atomic E-state index is 11.3. The summed E-state index contributed by atoms with van der Waals surface area (Å²) in [6.07, 6.45) is -0.266. The summed E-state index contributed by atoms with van der Waals surface area (Å²) >= 11 is 0. The van der Waals surface area contributed by atoms with Crippen LogP contribution in [0.3, 0.4) is 0 Å². The van der Waals surface area contributed by atoms with Crippen molar-refractivity contribution in [2.45, 2.75) is 33.6 Å². The SMILES string of the molecule is CCC(=O)OC(=O)C(C)(C)CC(=O)O. The highest BCUT2D eigenvalue weighted by Crippen LogP contribution is 2.22. The second kappa shape index (κ2) is 4.74. The van der Waals surface area contributed by atoms with E-state index in [0.29, 0.717) is 0 Å². The van der Waals surface area contributed by atoms with Crippen LogP contribution < -0.4 is 0 Å². The van der Waals surface area contributed by atoms with E-state index in [2.05, 4.69) is 4.74 Å². The zero-order valence-corrected chi connectivity index (χ0v) is 8.49. The lowest BCUT2D eigenvalue weighted by molar-refractivity contribution is -0.168. The van der Waals surface area contributed by atoms with E-state index in [1.165, 1.54) is 13.8 Å². The summed E-state index contributed by atoms with van der Waals surface area (Å²) in [5.74, 6) is -2.55. The van der Waals surface area contributed by atoms with Gasteiger partial charge in [-0.15, -0.1) is 0 Å². The van der Waals surface area contributed by atoms with Crippen molar-refractivity contribution in [3.05, 3.63) is 0 Å². The molecule has 5 heteroatoms. The van der Waals surface area contributed by atoms with E-state index in [1.807, 2.05) is 0 Å². The maximum Gasteiger partial charge on any atom is 0.319 e. The minimum absolute atomic E-state index is 0.0922. The number of carboxylic acid groups (broad SMARTS) is 1. The molecule has 0 saturated carbocycles. The highest BCUT2D eigenvalue weighted by molar-refractivity contribution is 5.90. The average molecular weight is 202 g/mol. The first-order valence-corrected chi connectivity index (χ1v) is 4.26. The van der Waals surface area contributed by atoms with E-state index in [0.717, 1.165) is 0 Å². The van der Waals surface area contributed by atoms with Crippen LogP contribution in [-0.2, 0) is 19.1 Å². The molecule has 1 N–H and O–H groups in total. The van der Waals surface area contributed by atoms with Gasteiger partial charge in [0, 0.05) is 6.42 Å². The fourth-order valence-corrected chi connectivity index (χ4v) is 0.764. The number of hydrogen-bond acceptors (Lipinski definition) is 4. The van der Waals surface area contributed by atoms with Crippen LogP contribution in [0.25, 0.3) is 0 Å². The van der Waals surface area contributed by atoms with Crippen LogP contribution in [-0.4, -0.2) is 23.0 Å². The number of esters is 2. The average Bonchev–Trinajstić information content (AvgIpc) is 2.01. The quantitative estimate of drug-likeness (QED) is 0.542. The van der Waals surface area contributed by atoms with Crippen molar-refractivity contribution in [1.82, 2.24) is 0 Å². The molecule has 0 aromatic rings. The Morgan fingerprint density at radius 1 is 1.29 bits per heavy atom. The molecule has 0 saturated heterocycles. The summed E-state index contributed by atoms with van der Waals surface area (Å²) in [5.41, 5.74) is -1.17. The minimum Gasteiger partial charge on any atom is -0.481 e. The molecule has 0 unspecified atom stereocenters. The molecule has 0 bridgehead atoms. The molecule has 14 heavy (non-hydrogen) atoms. The minimum atomic E-state index is -1.17. The number of aliphatic carboxylic acids is 1. The van der Waals surface area contributed by atoms with E-state index in [-0.39, 0.29) is 12.8 Å². The first kappa shape index (κ1) is 12.6. The Morgan fingerprint density at radius 3 is 2.14 bits per heavy atom. The first-order chi connectivity index (χ1) is 6.29. The third-order valence-electron chi connectivity index (χ3n) is 1.64. The van der Waals surface area contributed by atoms with Gasteiger partial charge < -0.3 is 9.84 Å². The Balaban J connectivity index is 4.35. The Morgan fingerprint density at radius 2 is 1.79 bits per heavy atom. The molecule has 0 aliphatic heterocycles. The first-order valence-electron chi connectivity index (χ1n) is 4.26. The van der Waals surface area contributed by atoms with Crippen LogP contribution in [0.1, 0.15) is 33.6 Å². The molecular formula is C9H14O5. The van der Waals surface area contributed by atoms with Gasteiger partial charge in [-0.3, -0.25) is 14.4 Å². The lowest BCUT2D eigenvalue weighted by Crippen LogP contribution is -2.31. The summed E-state index contributed by atoms with van der Waals surface area (Å²) in [6, 6.07) is 0. The molecule has 0 heterocycles. The monoisotopic (exact) mass is 202 g/mol. The van der Waals surface area contributed by atoms with Crippen molar-refractivity contribution in [2.24, 2.45) is 5.41 Å². The van der Waals surface area contributed by atoms with E-state index >= 15 is 0 Å². The summed E-state index contributed by atoms with van der Waals surface area (Å²) < 4.78 is 4.42. The van der Waals surface area contributed by atoms with Gasteiger partial charge in [-0.05, 0) is 13.8 Å². The molecule has 0 radical (unpaired) electrons. The Labute approximate surface area is 82.1 Å². The van der Waals surface area contributed by atoms with Crippen LogP contribution in [0.15, 0.2) is 0 Å². The molecule has 0 aromatic carbocycles. The van der Waals surface area contributed by atoms with Gasteiger partial charge in [0.2, 0.25) is 0 Å². The smallest absolute Gasteiger partial charge is 0.319 e. The zero-order chi connectivity index (χ0) is 11.4. The van der Waals surface area contributed by atoms with Gasteiger partial charge in [0.05, 0.1) is 11.8 Å². The molecule has 0 aliphatic carbocycles. The van der Waals surface area contributed by atoms with E-state index in [4.69, 9.17) is 5.11 Å². The summed E-state index contributed by atoms with van der Waals surface area (Å²) in [4.78, 5) is 32.4. The van der Waals surface area contributed by atoms with Crippen molar-refractivity contribution in [3.63, 3.8) is 0 Å². The van der Waals surface area contributed by atoms with Gasteiger partial charge in [-0.2, -0.15) is 0 Å². The van der Waals surface area contributed by atoms with Gasteiger partial charge in [0.15, 0.2) is 0 Å². The van der Waals surface area contributed by atoms with Crippen LogP contribution >= 0.6 is 0 Å². The summed E-state index contributed by atoms with van der Waals surface area (Å²) in [5, 5.41) is 8.50. The van der Waals surface area contributed by atoms with Crippen LogP contribution in [0.5, 0.6) is 0 Å². The molecule has 5 nitrogen and oxygen atoms in total. The lowest BCUT2D eigenvalue weighted by atomic mass is 9.90. The standard InChI is InChI=1S/C9H14O5/c1-4-7(12)14-8(13)9(2,3)5-6(10)11/h4-5H2,1-3H3,(H,10,11). The highest BCUT2D eigenvalue weighted by Gasteiger charge is 2.33. The van der Waals surface area contributed by atoms with Crippen LogP contribution in [0, 0.1) is 5.41 Å². The molecule has 0 aliphatic rings. The largest absolute Gasteiger partial charge is 0.481 e. The van der Waals surface area contributed by atoms with Gasteiger partial charge in [0.25, 0.3) is 0 Å². The van der Waals surface area contributed by atoms with Gasteiger partial charge in [0.1, 0.15) is 0 Å². The molecule has 0 amide bonds. The topological polar surface area (TPSA) is 80.7 Å². The molecule has 0 aromatic heterocycles. The van der Waals surface area contributed by atoms with Crippen molar-refractivity contribution >= 4 is 17.9 Å². The van der Waals surface area contributed by atoms with Crippen LogP contribution in [0.2, 0.25) is 0 Å². The Hall–Kier alpha value is -1.39. The number of hydrogen-bond donors (Lipinski definition) is 1. The Kier molecular flexibility index (Phi) is 4.27. The molecule has 0 fully saturated rings. The maximum atomic E-state index is 11.3. The molecule has 80 valence electrons. The van der Waals surface area contributed by atoms with Crippen molar-refractivity contribution < 1.29 is 24.2 Å². The zero-order valence-electron chi connectivity index (χ0n) is 8.49. The fourth-order valence-electron chi connectivity index (χ4n) is 0.764. The highest BCUT2D eigenvalue weighted by atomic mass is 16.6. The Bertz CT molecular complexity index is 254. The molecule has 0 rings (SSSR count). The lowest BCUT2D eigenvalue weighted by Gasteiger charge is -2.18. The van der Waals surface area contributed by atoms with Crippen molar-refractivity contribution in [2.75, 3.05) is 0 Å². The normalized spacial score (nSPS) is 10.8. The summed E-state index contributed by atoms with van der Waals surface area (Å²) in [7, 11) is 0. The predicted octanol–water partition coefficient (Wildman–Crippen LogP) is 0.967. The van der Waals surface area contributed by atoms with E-state index in [9.17, 15) is 14.4 Å². The third-order valence-corrected chi connectivity index (χ3v) is 1.64. The summed E-state index contributed by atoms with van der Waals surface area (Å²) in [6.45, 7) is 4.40. The number of ether oxygens (including phenoxy) is 1. The van der Waals surface area contributed by atoms with E-state index < -0.39 is 23.3 Å². The molecular weight excluding hydrogens is 188 g/mol. The van der Waals surface area contributed by atoms with Gasteiger partial charge in [-0.25, -0.2) is 0 Å². The number of carbonyl (C=O) groups excluding carboxylic acids is 2. The predicted molar refractivity (Wildman–Crippen MR) is 47.4 cm³/mol. The molecule has 0 spiro atoms. The second-order valence-electron chi connectivity index (χ2n) is 3.57. The fraction of sp³-hybridized carbons (Fsp3) is 0.667. The van der Waals surface area contributed by atoms with E-state index in [1.54, 1.807) is 6.92 Å².